The van der Waals surface area contributed by atoms with Crippen molar-refractivity contribution in [1.82, 2.24) is 9.97 Å². The fraction of sp³-hybridized carbons (Fsp3) is 0.643. The van der Waals surface area contributed by atoms with Gasteiger partial charge in [0.05, 0.1) is 11.3 Å². The molecular formula is C14H23N3O2. The van der Waals surface area contributed by atoms with Crippen LogP contribution in [0.5, 0.6) is 0 Å². The van der Waals surface area contributed by atoms with Crippen LogP contribution in [-0.2, 0) is 0 Å². The molecule has 1 rings (SSSR count). The molecule has 0 radical (unpaired) electrons. The number of anilines is 1. The molecule has 0 amide bonds. The van der Waals surface area contributed by atoms with Gasteiger partial charge in [-0.3, -0.25) is 0 Å². The molecule has 0 aliphatic rings. The minimum absolute atomic E-state index is 0.151. The molecule has 2 N–H and O–H groups in total. The van der Waals surface area contributed by atoms with Gasteiger partial charge >= 0.3 is 5.97 Å². The Morgan fingerprint density at radius 1 is 1.37 bits per heavy atom. The molecule has 0 spiro atoms. The Labute approximate surface area is 114 Å². The third-order valence-electron chi connectivity index (χ3n) is 3.00. The van der Waals surface area contributed by atoms with Gasteiger partial charge in [-0.2, -0.15) is 0 Å². The van der Waals surface area contributed by atoms with Crippen molar-refractivity contribution < 1.29 is 9.90 Å². The number of carbonyl (C=O) groups is 1. The van der Waals surface area contributed by atoms with Gasteiger partial charge in [0.25, 0.3) is 0 Å². The number of nitrogens with one attached hydrogen (secondary N) is 1. The van der Waals surface area contributed by atoms with E-state index < -0.39 is 5.97 Å². The molecule has 1 aromatic heterocycles. The number of aromatic nitrogens is 2. The third-order valence-corrected chi connectivity index (χ3v) is 3.00. The van der Waals surface area contributed by atoms with Gasteiger partial charge in [-0.25, -0.2) is 14.8 Å². The highest BCUT2D eigenvalue weighted by Gasteiger charge is 2.11. The van der Waals surface area contributed by atoms with Gasteiger partial charge in [0.15, 0.2) is 0 Å². The van der Waals surface area contributed by atoms with Crippen LogP contribution >= 0.6 is 0 Å². The predicted octanol–water partition coefficient (Wildman–Crippen LogP) is 3.11. The van der Waals surface area contributed by atoms with Crippen LogP contribution in [-0.4, -0.2) is 27.1 Å². The minimum atomic E-state index is -0.992. The van der Waals surface area contributed by atoms with Crippen LogP contribution in [0.4, 0.5) is 5.95 Å². The van der Waals surface area contributed by atoms with E-state index in [1.54, 1.807) is 6.92 Å². The van der Waals surface area contributed by atoms with Crippen molar-refractivity contribution in [1.29, 1.82) is 0 Å². The maximum atomic E-state index is 10.9. The molecule has 5 heteroatoms. The zero-order chi connectivity index (χ0) is 14.4. The molecule has 19 heavy (non-hydrogen) atoms. The lowest BCUT2D eigenvalue weighted by atomic mass is 10.0. The second-order valence-electron chi connectivity index (χ2n) is 5.37. The zero-order valence-corrected chi connectivity index (χ0v) is 12.1. The summed E-state index contributed by atoms with van der Waals surface area (Å²) < 4.78 is 0. The topological polar surface area (TPSA) is 75.1 Å². The van der Waals surface area contributed by atoms with Crippen LogP contribution in [0.3, 0.4) is 0 Å². The largest absolute Gasteiger partial charge is 0.478 e. The Hall–Kier alpha value is -1.65. The van der Waals surface area contributed by atoms with Gasteiger partial charge in [0.1, 0.15) is 0 Å². The Bertz CT molecular complexity index is 433. The number of hydrogen-bond donors (Lipinski definition) is 2. The van der Waals surface area contributed by atoms with E-state index in [2.05, 4.69) is 36.1 Å². The number of rotatable bonds is 7. The van der Waals surface area contributed by atoms with Crippen molar-refractivity contribution in [2.24, 2.45) is 5.92 Å². The van der Waals surface area contributed by atoms with E-state index in [1.807, 2.05) is 0 Å². The Morgan fingerprint density at radius 2 is 2.05 bits per heavy atom. The summed E-state index contributed by atoms with van der Waals surface area (Å²) in [7, 11) is 0. The van der Waals surface area contributed by atoms with Crippen LogP contribution in [0, 0.1) is 12.8 Å². The van der Waals surface area contributed by atoms with Gasteiger partial charge < -0.3 is 10.4 Å². The van der Waals surface area contributed by atoms with E-state index in [4.69, 9.17) is 5.11 Å². The lowest BCUT2D eigenvalue weighted by Gasteiger charge is -2.14. The molecule has 5 nitrogen and oxygen atoms in total. The molecule has 0 aliphatic carbocycles. The standard InChI is InChI=1S/C14H23N3O2/c1-9(2)6-5-7-10(3)16-14-15-8-12(13(18)19)11(4)17-14/h8-10H,5-7H2,1-4H3,(H,18,19)(H,15,16,17). The monoisotopic (exact) mass is 265 g/mol. The van der Waals surface area contributed by atoms with Crippen molar-refractivity contribution in [2.45, 2.75) is 53.0 Å². The molecule has 0 fully saturated rings. The first-order chi connectivity index (χ1) is 8.90. The van der Waals surface area contributed by atoms with Crippen molar-refractivity contribution >= 4 is 11.9 Å². The number of hydrogen-bond acceptors (Lipinski definition) is 4. The first-order valence-corrected chi connectivity index (χ1v) is 6.73. The van der Waals surface area contributed by atoms with Crippen molar-refractivity contribution in [2.75, 3.05) is 5.32 Å². The van der Waals surface area contributed by atoms with Gasteiger partial charge in [0, 0.05) is 12.2 Å². The van der Waals surface area contributed by atoms with Gasteiger partial charge in [-0.05, 0) is 26.2 Å². The lowest BCUT2D eigenvalue weighted by Crippen LogP contribution is -2.18. The highest BCUT2D eigenvalue weighted by molar-refractivity contribution is 5.88. The second-order valence-corrected chi connectivity index (χ2v) is 5.37. The Kier molecular flexibility index (Phi) is 5.73. The summed E-state index contributed by atoms with van der Waals surface area (Å²) in [6.07, 6.45) is 4.79. The molecule has 0 bridgehead atoms. The summed E-state index contributed by atoms with van der Waals surface area (Å²) in [4.78, 5) is 19.1. The van der Waals surface area contributed by atoms with Gasteiger partial charge in [-0.1, -0.05) is 26.7 Å². The van der Waals surface area contributed by atoms with Crippen molar-refractivity contribution in [3.8, 4) is 0 Å². The van der Waals surface area contributed by atoms with Crippen LogP contribution in [0.25, 0.3) is 0 Å². The average Bonchev–Trinajstić information content (AvgIpc) is 2.27. The van der Waals surface area contributed by atoms with E-state index in [1.165, 1.54) is 12.6 Å². The molecule has 1 heterocycles. The van der Waals surface area contributed by atoms with Crippen molar-refractivity contribution in [3.05, 3.63) is 17.5 Å². The third kappa shape index (κ3) is 5.24. The SMILES string of the molecule is Cc1nc(NC(C)CCCC(C)C)ncc1C(=O)O. The summed E-state index contributed by atoms with van der Waals surface area (Å²) in [6, 6.07) is 0.286. The number of carboxylic acids is 1. The molecule has 0 saturated heterocycles. The number of aryl methyl sites for hydroxylation is 1. The van der Waals surface area contributed by atoms with Crippen molar-refractivity contribution in [3.63, 3.8) is 0 Å². The van der Waals surface area contributed by atoms with E-state index in [0.717, 1.165) is 18.8 Å². The molecule has 0 saturated carbocycles. The summed E-state index contributed by atoms with van der Waals surface area (Å²) >= 11 is 0. The number of aromatic carboxylic acids is 1. The fourth-order valence-corrected chi connectivity index (χ4v) is 1.87. The molecule has 1 unspecified atom stereocenters. The first kappa shape index (κ1) is 15.4. The maximum Gasteiger partial charge on any atom is 0.339 e. The van der Waals surface area contributed by atoms with E-state index in [-0.39, 0.29) is 11.6 Å². The fourth-order valence-electron chi connectivity index (χ4n) is 1.87. The first-order valence-electron chi connectivity index (χ1n) is 6.73. The molecule has 1 aromatic rings. The summed E-state index contributed by atoms with van der Waals surface area (Å²) in [5.41, 5.74) is 0.636. The maximum absolute atomic E-state index is 10.9. The van der Waals surface area contributed by atoms with Gasteiger partial charge in [-0.15, -0.1) is 0 Å². The minimum Gasteiger partial charge on any atom is -0.478 e. The zero-order valence-electron chi connectivity index (χ0n) is 12.1. The van der Waals surface area contributed by atoms with E-state index in [0.29, 0.717) is 11.6 Å². The quantitative estimate of drug-likeness (QED) is 0.792. The van der Waals surface area contributed by atoms with E-state index in [9.17, 15) is 4.79 Å². The van der Waals surface area contributed by atoms with E-state index >= 15 is 0 Å². The normalized spacial score (nSPS) is 12.5. The molecule has 1 atom stereocenters. The Balaban J connectivity index is 2.53. The van der Waals surface area contributed by atoms with Crippen LogP contribution in [0.15, 0.2) is 6.20 Å². The highest BCUT2D eigenvalue weighted by atomic mass is 16.4. The molecule has 106 valence electrons. The van der Waals surface area contributed by atoms with Crippen LogP contribution in [0.2, 0.25) is 0 Å². The highest BCUT2D eigenvalue weighted by Crippen LogP contribution is 2.12. The molecular weight excluding hydrogens is 242 g/mol. The smallest absolute Gasteiger partial charge is 0.339 e. The summed E-state index contributed by atoms with van der Waals surface area (Å²) in [5, 5.41) is 12.1. The predicted molar refractivity (Wildman–Crippen MR) is 75.5 cm³/mol. The average molecular weight is 265 g/mol. The van der Waals surface area contributed by atoms with Crippen LogP contribution < -0.4 is 5.32 Å². The molecule has 0 aliphatic heterocycles. The Morgan fingerprint density at radius 3 is 2.58 bits per heavy atom. The molecule has 0 aromatic carbocycles. The van der Waals surface area contributed by atoms with Crippen LogP contribution in [0.1, 0.15) is 56.1 Å². The van der Waals surface area contributed by atoms with Gasteiger partial charge in [0.2, 0.25) is 5.95 Å². The number of carboxylic acid groups (broad SMARTS) is 1. The lowest BCUT2D eigenvalue weighted by molar-refractivity contribution is 0.0695. The summed E-state index contributed by atoms with van der Waals surface area (Å²) in [6.45, 7) is 8.20. The summed E-state index contributed by atoms with van der Waals surface area (Å²) in [5.74, 6) is 0.231. The second kappa shape index (κ2) is 7.07. The number of nitrogens with zero attached hydrogens (tertiary/aromatic N) is 2.